The summed E-state index contributed by atoms with van der Waals surface area (Å²) in [4.78, 5) is 42.2. The molecule has 1 atom stereocenters. The Balaban J connectivity index is 1.94. The van der Waals surface area contributed by atoms with Gasteiger partial charge in [-0.1, -0.05) is 19.0 Å². The summed E-state index contributed by atoms with van der Waals surface area (Å²) < 4.78 is 10.3. The van der Waals surface area contributed by atoms with Gasteiger partial charge in [0.15, 0.2) is 5.82 Å². The van der Waals surface area contributed by atoms with Crippen LogP contribution in [0.5, 0.6) is 0 Å². The Labute approximate surface area is 177 Å². The van der Waals surface area contributed by atoms with E-state index in [0.29, 0.717) is 44.4 Å². The van der Waals surface area contributed by atoms with Crippen molar-refractivity contribution in [2.24, 2.45) is 0 Å². The topological polar surface area (TPSA) is 127 Å². The Morgan fingerprint density at radius 2 is 2.13 bits per heavy atom. The second kappa shape index (κ2) is 12.1. The van der Waals surface area contributed by atoms with E-state index in [9.17, 15) is 14.4 Å². The quantitative estimate of drug-likeness (QED) is 0.669. The molecule has 0 aliphatic carbocycles. The molecule has 0 saturated carbocycles. The van der Waals surface area contributed by atoms with Gasteiger partial charge in [0.1, 0.15) is 0 Å². The number of nitrogens with zero attached hydrogens (tertiary/aromatic N) is 3. The van der Waals surface area contributed by atoms with Gasteiger partial charge in [0.25, 0.3) is 0 Å². The summed E-state index contributed by atoms with van der Waals surface area (Å²) in [6.45, 7) is 7.60. The van der Waals surface area contributed by atoms with Crippen LogP contribution < -0.4 is 10.6 Å². The Morgan fingerprint density at radius 3 is 2.83 bits per heavy atom. The molecule has 1 aliphatic heterocycles. The first kappa shape index (κ1) is 23.6. The van der Waals surface area contributed by atoms with Gasteiger partial charge in [-0.25, -0.2) is 4.79 Å². The second-order valence-electron chi connectivity index (χ2n) is 7.65. The number of ether oxygens (including phenoxy) is 1. The number of hydrogen-bond acceptors (Lipinski definition) is 7. The van der Waals surface area contributed by atoms with Crippen LogP contribution in [-0.4, -0.2) is 65.7 Å². The number of nitrogens with one attached hydrogen (secondary N) is 2. The van der Waals surface area contributed by atoms with Crippen LogP contribution >= 0.6 is 0 Å². The van der Waals surface area contributed by atoms with E-state index in [-0.39, 0.29) is 49.1 Å². The van der Waals surface area contributed by atoms with Gasteiger partial charge in [-0.2, -0.15) is 4.98 Å². The van der Waals surface area contributed by atoms with Gasteiger partial charge in [0.05, 0.1) is 13.0 Å². The highest BCUT2D eigenvalue weighted by Gasteiger charge is 2.23. The molecule has 2 N–H and O–H groups in total. The molecule has 1 aromatic rings. The lowest BCUT2D eigenvalue weighted by molar-refractivity contribution is -0.142. The van der Waals surface area contributed by atoms with Crippen molar-refractivity contribution in [2.45, 2.75) is 64.7 Å². The molecule has 10 nitrogen and oxygen atoms in total. The Bertz CT molecular complexity index is 706. The fourth-order valence-electron chi connectivity index (χ4n) is 3.21. The summed E-state index contributed by atoms with van der Waals surface area (Å²) in [5, 5.41) is 9.66. The van der Waals surface area contributed by atoms with Crippen molar-refractivity contribution in [3.63, 3.8) is 0 Å². The summed E-state index contributed by atoms with van der Waals surface area (Å²) in [5.41, 5.74) is 0. The largest absolute Gasteiger partial charge is 0.466 e. The normalized spacial score (nSPS) is 18.5. The molecule has 168 valence electrons. The van der Waals surface area contributed by atoms with E-state index in [1.165, 1.54) is 0 Å². The van der Waals surface area contributed by atoms with Gasteiger partial charge in [-0.15, -0.1) is 0 Å². The van der Waals surface area contributed by atoms with Gasteiger partial charge in [-0.05, 0) is 26.2 Å². The third-order valence-electron chi connectivity index (χ3n) is 4.93. The molecule has 2 heterocycles. The number of carbonyl (C=O) groups is 3. The van der Waals surface area contributed by atoms with Crippen LogP contribution in [0.2, 0.25) is 0 Å². The van der Waals surface area contributed by atoms with Crippen LogP contribution in [-0.2, 0) is 14.3 Å². The summed E-state index contributed by atoms with van der Waals surface area (Å²) in [7, 11) is 0. The molecule has 1 fully saturated rings. The molecule has 1 aromatic heterocycles. The Morgan fingerprint density at radius 1 is 1.33 bits per heavy atom. The van der Waals surface area contributed by atoms with Crippen LogP contribution in [0.4, 0.5) is 4.79 Å². The van der Waals surface area contributed by atoms with Crippen LogP contribution in [0.25, 0.3) is 0 Å². The monoisotopic (exact) mass is 423 g/mol. The van der Waals surface area contributed by atoms with Crippen molar-refractivity contribution in [3.8, 4) is 0 Å². The van der Waals surface area contributed by atoms with Crippen molar-refractivity contribution >= 4 is 17.9 Å². The van der Waals surface area contributed by atoms with E-state index in [0.717, 1.165) is 12.8 Å². The second-order valence-corrected chi connectivity index (χ2v) is 7.65. The van der Waals surface area contributed by atoms with Crippen molar-refractivity contribution < 1.29 is 23.6 Å². The van der Waals surface area contributed by atoms with Crippen LogP contribution in [0.3, 0.4) is 0 Å². The summed E-state index contributed by atoms with van der Waals surface area (Å²) in [6.07, 6.45) is 2.56. The highest BCUT2D eigenvalue weighted by atomic mass is 16.5. The number of esters is 1. The highest BCUT2D eigenvalue weighted by Crippen LogP contribution is 2.25. The standard InChI is InChI=1S/C20H33N5O5/c1-4-29-17(27)8-11-22-20(28)25-12-5-6-15(7-10-21-16(26)9-13-25)19-23-18(14(2)3)24-30-19/h14-15H,4-13H2,1-3H3,(H,21,26)(H,22,28). The van der Waals surface area contributed by atoms with Gasteiger partial charge < -0.3 is 24.8 Å². The lowest BCUT2D eigenvalue weighted by atomic mass is 9.99. The van der Waals surface area contributed by atoms with Crippen molar-refractivity contribution in [2.75, 3.05) is 32.8 Å². The predicted molar refractivity (Wildman–Crippen MR) is 109 cm³/mol. The molecule has 1 aliphatic rings. The number of amides is 3. The van der Waals surface area contributed by atoms with Crippen LogP contribution in [0, 0.1) is 0 Å². The van der Waals surface area contributed by atoms with Gasteiger partial charge in [0, 0.05) is 44.4 Å². The van der Waals surface area contributed by atoms with E-state index >= 15 is 0 Å². The zero-order valence-electron chi connectivity index (χ0n) is 18.1. The number of rotatable bonds is 6. The molecule has 10 heteroatoms. The van der Waals surface area contributed by atoms with Crippen molar-refractivity contribution in [3.05, 3.63) is 11.7 Å². The van der Waals surface area contributed by atoms with E-state index in [2.05, 4.69) is 20.8 Å². The number of aromatic nitrogens is 2. The van der Waals surface area contributed by atoms with Crippen LogP contribution in [0.15, 0.2) is 4.52 Å². The van der Waals surface area contributed by atoms with Crippen molar-refractivity contribution in [1.29, 1.82) is 0 Å². The van der Waals surface area contributed by atoms with E-state index < -0.39 is 0 Å². The number of carbonyl (C=O) groups excluding carboxylic acids is 3. The summed E-state index contributed by atoms with van der Waals surface area (Å²) in [5.74, 6) is 1.01. The highest BCUT2D eigenvalue weighted by molar-refractivity contribution is 5.78. The molecule has 0 spiro atoms. The molecule has 1 saturated heterocycles. The molecular weight excluding hydrogens is 390 g/mol. The molecule has 0 bridgehead atoms. The van der Waals surface area contributed by atoms with E-state index in [1.54, 1.807) is 11.8 Å². The average molecular weight is 424 g/mol. The van der Waals surface area contributed by atoms with Gasteiger partial charge in [0.2, 0.25) is 11.8 Å². The lowest BCUT2D eigenvalue weighted by Crippen LogP contribution is -2.43. The molecule has 3 amide bonds. The molecule has 0 aromatic carbocycles. The van der Waals surface area contributed by atoms with Gasteiger partial charge in [-0.3, -0.25) is 9.59 Å². The van der Waals surface area contributed by atoms with Gasteiger partial charge >= 0.3 is 12.0 Å². The first-order chi connectivity index (χ1) is 14.4. The van der Waals surface area contributed by atoms with Crippen LogP contribution in [0.1, 0.15) is 76.4 Å². The maximum absolute atomic E-state index is 12.5. The zero-order chi connectivity index (χ0) is 21.9. The average Bonchev–Trinajstić information content (AvgIpc) is 3.18. The maximum Gasteiger partial charge on any atom is 0.317 e. The minimum atomic E-state index is -0.349. The van der Waals surface area contributed by atoms with E-state index in [1.807, 2.05) is 13.8 Å². The smallest absolute Gasteiger partial charge is 0.317 e. The molecule has 30 heavy (non-hydrogen) atoms. The van der Waals surface area contributed by atoms with Crippen molar-refractivity contribution in [1.82, 2.24) is 25.7 Å². The number of urea groups is 1. The minimum Gasteiger partial charge on any atom is -0.466 e. The van der Waals surface area contributed by atoms with E-state index in [4.69, 9.17) is 9.26 Å². The Hall–Kier alpha value is -2.65. The molecule has 1 unspecified atom stereocenters. The summed E-state index contributed by atoms with van der Waals surface area (Å²) in [6, 6.07) is -0.289. The summed E-state index contributed by atoms with van der Waals surface area (Å²) >= 11 is 0. The first-order valence-electron chi connectivity index (χ1n) is 10.7. The fourth-order valence-corrected chi connectivity index (χ4v) is 3.21. The Kier molecular flexibility index (Phi) is 9.56. The maximum atomic E-state index is 12.5. The molecular formula is C20H33N5O5. The SMILES string of the molecule is CCOC(=O)CCNC(=O)N1CCCC(c2nc(C(C)C)no2)CCNC(=O)CC1. The lowest BCUT2D eigenvalue weighted by Gasteiger charge is -2.23. The minimum absolute atomic E-state index is 0.0251. The fraction of sp³-hybridized carbons (Fsp3) is 0.750. The predicted octanol–water partition coefficient (Wildman–Crippen LogP) is 1.93. The number of hydrogen-bond donors (Lipinski definition) is 2. The molecule has 0 radical (unpaired) electrons. The molecule has 2 rings (SSSR count). The third-order valence-corrected chi connectivity index (χ3v) is 4.93. The zero-order valence-corrected chi connectivity index (χ0v) is 18.1. The first-order valence-corrected chi connectivity index (χ1v) is 10.7. The third kappa shape index (κ3) is 7.64.